The van der Waals surface area contributed by atoms with Crippen molar-refractivity contribution in [3.05, 3.63) is 28.8 Å². The zero-order chi connectivity index (χ0) is 10.6. The van der Waals surface area contributed by atoms with Crippen LogP contribution in [0.25, 0.3) is 0 Å². The van der Waals surface area contributed by atoms with Crippen molar-refractivity contribution in [3.8, 4) is 5.75 Å². The molecule has 0 atom stereocenters. The monoisotopic (exact) mass is 249 g/mol. The molecule has 82 valence electrons. The fourth-order valence-electron chi connectivity index (χ4n) is 0.944. The lowest BCUT2D eigenvalue weighted by molar-refractivity contribution is -0.109. The molecule has 0 unspecified atom stereocenters. The van der Waals surface area contributed by atoms with Gasteiger partial charge in [-0.25, -0.2) is 0 Å². The van der Waals surface area contributed by atoms with E-state index in [1.165, 1.54) is 12.1 Å². The number of ether oxygens (including phenoxy) is 1. The summed E-state index contributed by atoms with van der Waals surface area (Å²) in [6.45, 7) is -0.123. The van der Waals surface area contributed by atoms with Gasteiger partial charge < -0.3 is 10.5 Å². The molecule has 0 radical (unpaired) electrons. The van der Waals surface area contributed by atoms with E-state index in [1.54, 1.807) is 6.07 Å². The molecular formula is C9H9Cl2NO3. The maximum absolute atomic E-state index is 10.9. The van der Waals surface area contributed by atoms with Gasteiger partial charge in [-0.2, -0.15) is 0 Å². The first-order chi connectivity index (χ1) is 6.65. The van der Waals surface area contributed by atoms with Crippen molar-refractivity contribution >= 4 is 36.2 Å². The zero-order valence-electron chi connectivity index (χ0n) is 7.60. The van der Waals surface area contributed by atoms with Crippen molar-refractivity contribution in [1.29, 1.82) is 0 Å². The molecule has 0 aromatic heterocycles. The number of benzene rings is 1. The number of aldehydes is 1. The predicted octanol–water partition coefficient (Wildman–Crippen LogP) is 1.44. The van der Waals surface area contributed by atoms with Crippen LogP contribution in [0.15, 0.2) is 18.2 Å². The van der Waals surface area contributed by atoms with Crippen molar-refractivity contribution < 1.29 is 14.3 Å². The fraction of sp³-hybridized carbons (Fsp3) is 0.111. The van der Waals surface area contributed by atoms with Gasteiger partial charge in [-0.15, -0.1) is 12.4 Å². The first-order valence-electron chi connectivity index (χ1n) is 3.81. The number of hydrogen-bond acceptors (Lipinski definition) is 3. The van der Waals surface area contributed by atoms with Crippen LogP contribution in [0.4, 0.5) is 0 Å². The molecule has 1 aromatic rings. The highest BCUT2D eigenvalue weighted by atomic mass is 35.5. The maximum Gasteiger partial charge on any atom is 0.252 e. The number of primary amides is 1. The van der Waals surface area contributed by atoms with E-state index < -0.39 is 5.91 Å². The van der Waals surface area contributed by atoms with E-state index in [2.05, 4.69) is 0 Å². The van der Waals surface area contributed by atoms with E-state index in [0.717, 1.165) is 0 Å². The third-order valence-corrected chi connectivity index (χ3v) is 1.75. The Labute approximate surface area is 97.8 Å². The number of halogens is 2. The van der Waals surface area contributed by atoms with Crippen LogP contribution >= 0.6 is 24.0 Å². The number of nitrogens with two attached hydrogens (primary N) is 1. The highest BCUT2D eigenvalue weighted by Crippen LogP contribution is 2.22. The Bertz CT molecular complexity index is 368. The Morgan fingerprint density at radius 2 is 2.20 bits per heavy atom. The van der Waals surface area contributed by atoms with Gasteiger partial charge in [0.15, 0.2) is 6.29 Å². The SMILES string of the molecule is Cl.NC(=O)c1cc(Cl)ccc1OCC=O. The summed E-state index contributed by atoms with van der Waals surface area (Å²) in [7, 11) is 0. The van der Waals surface area contributed by atoms with Crippen LogP contribution in [0.5, 0.6) is 5.75 Å². The molecule has 0 saturated carbocycles. The van der Waals surface area contributed by atoms with Crippen LogP contribution in [0.3, 0.4) is 0 Å². The second-order valence-electron chi connectivity index (χ2n) is 2.48. The van der Waals surface area contributed by atoms with Crippen LogP contribution < -0.4 is 10.5 Å². The van der Waals surface area contributed by atoms with E-state index in [4.69, 9.17) is 22.1 Å². The average molecular weight is 250 g/mol. The van der Waals surface area contributed by atoms with Gasteiger partial charge in [0, 0.05) is 5.02 Å². The van der Waals surface area contributed by atoms with Crippen LogP contribution in [-0.4, -0.2) is 18.8 Å². The van der Waals surface area contributed by atoms with Gasteiger partial charge in [-0.3, -0.25) is 9.59 Å². The Hall–Kier alpha value is -1.26. The van der Waals surface area contributed by atoms with Crippen LogP contribution in [0, 0.1) is 0 Å². The topological polar surface area (TPSA) is 69.4 Å². The third kappa shape index (κ3) is 3.77. The predicted molar refractivity (Wildman–Crippen MR) is 58.8 cm³/mol. The standard InChI is InChI=1S/C9H8ClNO3.ClH/c10-6-1-2-8(14-4-3-12)7(5-6)9(11)13;/h1-3,5H,4H2,(H2,11,13);1H. The summed E-state index contributed by atoms with van der Waals surface area (Å²) in [5.74, 6) is -0.387. The second kappa shape index (κ2) is 6.27. The quantitative estimate of drug-likeness (QED) is 0.822. The molecule has 0 aliphatic heterocycles. The van der Waals surface area contributed by atoms with Crippen molar-refractivity contribution in [2.45, 2.75) is 0 Å². The van der Waals surface area contributed by atoms with Gasteiger partial charge in [-0.05, 0) is 18.2 Å². The molecule has 2 N–H and O–H groups in total. The molecule has 0 fully saturated rings. The van der Waals surface area contributed by atoms with Crippen molar-refractivity contribution in [3.63, 3.8) is 0 Å². The van der Waals surface area contributed by atoms with Crippen molar-refractivity contribution in [1.82, 2.24) is 0 Å². The number of hydrogen-bond donors (Lipinski definition) is 1. The molecule has 1 amide bonds. The molecule has 1 aromatic carbocycles. The van der Waals surface area contributed by atoms with Gasteiger partial charge in [-0.1, -0.05) is 11.6 Å². The van der Waals surface area contributed by atoms with E-state index in [0.29, 0.717) is 11.3 Å². The lowest BCUT2D eigenvalue weighted by Crippen LogP contribution is -2.13. The smallest absolute Gasteiger partial charge is 0.252 e. The molecule has 4 nitrogen and oxygen atoms in total. The Morgan fingerprint density at radius 3 is 2.73 bits per heavy atom. The number of rotatable bonds is 4. The molecule has 0 bridgehead atoms. The number of carbonyl (C=O) groups excluding carboxylic acids is 2. The summed E-state index contributed by atoms with van der Waals surface area (Å²) < 4.78 is 4.98. The highest BCUT2D eigenvalue weighted by molar-refractivity contribution is 6.31. The molecule has 0 aliphatic rings. The number of amides is 1. The summed E-state index contributed by atoms with van der Waals surface area (Å²) in [6.07, 6.45) is 0.583. The molecule has 0 spiro atoms. The lowest BCUT2D eigenvalue weighted by atomic mass is 10.2. The fourth-order valence-corrected chi connectivity index (χ4v) is 1.12. The maximum atomic E-state index is 10.9. The van der Waals surface area contributed by atoms with E-state index in [9.17, 15) is 9.59 Å². The molecule has 15 heavy (non-hydrogen) atoms. The van der Waals surface area contributed by atoms with Gasteiger partial charge in [0.1, 0.15) is 12.4 Å². The minimum absolute atomic E-state index is 0. The summed E-state index contributed by atoms with van der Waals surface area (Å²) in [4.78, 5) is 21.0. The number of carbonyl (C=O) groups is 2. The van der Waals surface area contributed by atoms with Gasteiger partial charge in [0.05, 0.1) is 5.56 Å². The largest absolute Gasteiger partial charge is 0.485 e. The van der Waals surface area contributed by atoms with E-state index >= 15 is 0 Å². The molecule has 0 saturated heterocycles. The molecule has 6 heteroatoms. The third-order valence-electron chi connectivity index (χ3n) is 1.51. The van der Waals surface area contributed by atoms with Crippen LogP contribution in [0.2, 0.25) is 5.02 Å². The Morgan fingerprint density at radius 1 is 1.53 bits per heavy atom. The van der Waals surface area contributed by atoms with Crippen molar-refractivity contribution in [2.75, 3.05) is 6.61 Å². The molecule has 0 aliphatic carbocycles. The summed E-state index contributed by atoms with van der Waals surface area (Å²) in [5.41, 5.74) is 5.26. The minimum Gasteiger partial charge on any atom is -0.485 e. The van der Waals surface area contributed by atoms with Crippen molar-refractivity contribution in [2.24, 2.45) is 5.73 Å². The van der Waals surface area contributed by atoms with E-state index in [-0.39, 0.29) is 30.3 Å². The minimum atomic E-state index is -0.645. The Balaban J connectivity index is 0.00000196. The van der Waals surface area contributed by atoms with E-state index in [1.807, 2.05) is 0 Å². The average Bonchev–Trinajstić information content (AvgIpc) is 2.15. The molecule has 1 rings (SSSR count). The normalized spacial score (nSPS) is 8.87. The van der Waals surface area contributed by atoms with Gasteiger partial charge in [0.2, 0.25) is 0 Å². The highest BCUT2D eigenvalue weighted by Gasteiger charge is 2.09. The van der Waals surface area contributed by atoms with Crippen LogP contribution in [-0.2, 0) is 4.79 Å². The van der Waals surface area contributed by atoms with Crippen LogP contribution in [0.1, 0.15) is 10.4 Å². The second-order valence-corrected chi connectivity index (χ2v) is 2.92. The van der Waals surface area contributed by atoms with Gasteiger partial charge >= 0.3 is 0 Å². The summed E-state index contributed by atoms with van der Waals surface area (Å²) in [6, 6.07) is 4.43. The first kappa shape index (κ1) is 13.7. The van der Waals surface area contributed by atoms with Gasteiger partial charge in [0.25, 0.3) is 5.91 Å². The molecular weight excluding hydrogens is 241 g/mol. The first-order valence-corrected chi connectivity index (χ1v) is 4.18. The zero-order valence-corrected chi connectivity index (χ0v) is 9.18. The summed E-state index contributed by atoms with van der Waals surface area (Å²) in [5, 5.41) is 0.386. The summed E-state index contributed by atoms with van der Waals surface area (Å²) >= 11 is 5.66. The lowest BCUT2D eigenvalue weighted by Gasteiger charge is -2.06. The Kier molecular flexibility index (Phi) is 5.74. The molecule has 0 heterocycles.